The molecule has 0 unspecified atom stereocenters. The first-order valence-electron chi connectivity index (χ1n) is 14.0. The van der Waals surface area contributed by atoms with Crippen molar-refractivity contribution in [3.8, 4) is 0 Å². The number of benzene rings is 2. The van der Waals surface area contributed by atoms with Gasteiger partial charge < -0.3 is 0 Å². The Labute approximate surface area is 239 Å². The van der Waals surface area contributed by atoms with Gasteiger partial charge in [-0.15, -0.1) is 0 Å². The zero-order valence-corrected chi connectivity index (χ0v) is 27.8. The molecule has 4 fully saturated rings. The molecule has 4 heteroatoms. The summed E-state index contributed by atoms with van der Waals surface area (Å²) in [5.41, 5.74) is 1.20. The molecule has 4 aliphatic rings. The molecule has 8 atom stereocenters. The van der Waals surface area contributed by atoms with Crippen LogP contribution >= 0.6 is 23.5 Å². The van der Waals surface area contributed by atoms with E-state index in [0.29, 0.717) is 37.1 Å². The van der Waals surface area contributed by atoms with Gasteiger partial charge in [0.2, 0.25) is 0 Å². The summed E-state index contributed by atoms with van der Waals surface area (Å²) in [5.74, 6) is 5.60. The normalized spacial score (nSPS) is 37.6. The fourth-order valence-electron chi connectivity index (χ4n) is 7.63. The van der Waals surface area contributed by atoms with Gasteiger partial charge in [0, 0.05) is 0 Å². The summed E-state index contributed by atoms with van der Waals surface area (Å²) >= 11 is 5.52. The Hall–Kier alpha value is 0.179. The second kappa shape index (κ2) is 9.98. The minimum absolute atomic E-state index is 0.536. The van der Waals surface area contributed by atoms with Gasteiger partial charge >= 0.3 is 241 Å². The van der Waals surface area contributed by atoms with E-state index in [2.05, 4.69) is 114 Å². The van der Waals surface area contributed by atoms with Gasteiger partial charge in [0.25, 0.3) is 0 Å². The van der Waals surface area contributed by atoms with Crippen molar-refractivity contribution in [2.45, 2.75) is 87.5 Å². The van der Waals surface area contributed by atoms with Crippen molar-refractivity contribution in [1.29, 1.82) is 0 Å². The van der Waals surface area contributed by atoms with Gasteiger partial charge in [-0.2, -0.15) is 0 Å². The van der Waals surface area contributed by atoms with Gasteiger partial charge in [0.05, 0.1) is 0 Å². The summed E-state index contributed by atoms with van der Waals surface area (Å²) in [6, 6.07) is 18.8. The van der Waals surface area contributed by atoms with Crippen LogP contribution in [-0.4, -0.2) is 36.8 Å². The molecule has 6 rings (SSSR count). The van der Waals surface area contributed by atoms with E-state index >= 15 is 0 Å². The number of hydrogen-bond donors (Lipinski definition) is 0. The molecular formula is C32H42S2Se2. The molecule has 0 bridgehead atoms. The van der Waals surface area contributed by atoms with Gasteiger partial charge in [-0.3, -0.25) is 0 Å². The molecule has 0 saturated heterocycles. The SMILES string of the molecule is C[C@@H]1C[C@H]2[C@@H](C[C@H]1Sc1ccccc1[Se][Se]c1ccccc1S[C@@H]1C[C@@H]3[C@H](C[C@H]1C)C3(C)C)C2(C)C. The summed E-state index contributed by atoms with van der Waals surface area (Å²) in [7, 11) is 0. The number of fused-ring (bicyclic) bond motifs is 2. The molecular weight excluding hydrogens is 606 g/mol. The van der Waals surface area contributed by atoms with E-state index < -0.39 is 0 Å². The van der Waals surface area contributed by atoms with Crippen molar-refractivity contribution in [3.05, 3.63) is 48.5 Å². The Morgan fingerprint density at radius 1 is 0.583 bits per heavy atom. The number of hydrogen-bond acceptors (Lipinski definition) is 2. The van der Waals surface area contributed by atoms with Crippen molar-refractivity contribution >= 4 is 58.7 Å². The molecule has 2 aromatic rings. The van der Waals surface area contributed by atoms with Gasteiger partial charge in [-0.05, 0) is 0 Å². The fraction of sp³-hybridized carbons (Fsp3) is 0.625. The molecule has 0 heterocycles. The topological polar surface area (TPSA) is 0 Å². The van der Waals surface area contributed by atoms with Crippen LogP contribution in [0.1, 0.15) is 67.2 Å². The van der Waals surface area contributed by atoms with E-state index in [1.54, 1.807) is 18.7 Å². The summed E-state index contributed by atoms with van der Waals surface area (Å²) < 4.78 is 3.29. The molecule has 0 amide bonds. The summed E-state index contributed by atoms with van der Waals surface area (Å²) in [6.07, 6.45) is 5.73. The molecule has 0 N–H and O–H groups in total. The first kappa shape index (κ1) is 26.4. The Bertz CT molecular complexity index is 1020. The summed E-state index contributed by atoms with van der Waals surface area (Å²) in [6.45, 7) is 15.1. The van der Waals surface area contributed by atoms with Gasteiger partial charge in [0.1, 0.15) is 0 Å². The molecule has 4 saturated carbocycles. The maximum atomic E-state index is 2.52. The van der Waals surface area contributed by atoms with Crippen molar-refractivity contribution in [2.24, 2.45) is 46.3 Å². The standard InChI is InChI=1S/C32H42S2Se2/c1-19-15-21-23(31(21,3)4)17-27(19)33-25-11-7-9-13-29(25)35-36-30-14-10-8-12-26(30)34-28-18-24-22(16-20(28)2)32(24,5)6/h7-14,19-24,27-28H,15-18H2,1-6H3/t19-,20-,21+,22+,23-,24-,27-,28-/m1/s1. The van der Waals surface area contributed by atoms with Crippen molar-refractivity contribution < 1.29 is 0 Å². The molecule has 0 aliphatic heterocycles. The predicted molar refractivity (Wildman–Crippen MR) is 161 cm³/mol. The van der Waals surface area contributed by atoms with Crippen LogP contribution in [0.2, 0.25) is 0 Å². The van der Waals surface area contributed by atoms with E-state index in [1.807, 2.05) is 0 Å². The monoisotopic (exact) mass is 650 g/mol. The van der Waals surface area contributed by atoms with Crippen molar-refractivity contribution in [3.63, 3.8) is 0 Å². The van der Waals surface area contributed by atoms with Gasteiger partial charge in [-0.25, -0.2) is 0 Å². The second-order valence-electron chi connectivity index (χ2n) is 13.3. The number of rotatable bonds is 7. The van der Waals surface area contributed by atoms with Crippen molar-refractivity contribution in [2.75, 3.05) is 0 Å². The Morgan fingerprint density at radius 2 is 0.944 bits per heavy atom. The molecule has 0 spiro atoms. The first-order chi connectivity index (χ1) is 17.2. The average molecular weight is 649 g/mol. The maximum absolute atomic E-state index is 2.52. The van der Waals surface area contributed by atoms with E-state index in [1.165, 1.54) is 25.7 Å². The number of thioether (sulfide) groups is 2. The molecule has 0 radical (unpaired) electrons. The van der Waals surface area contributed by atoms with Crippen LogP contribution in [-0.2, 0) is 0 Å². The van der Waals surface area contributed by atoms with Crippen LogP contribution in [0.3, 0.4) is 0 Å². The van der Waals surface area contributed by atoms with Gasteiger partial charge in [0.15, 0.2) is 0 Å². The van der Waals surface area contributed by atoms with E-state index in [9.17, 15) is 0 Å². The minimum atomic E-state index is 0.536. The quantitative estimate of drug-likeness (QED) is 0.290. The average Bonchev–Trinajstić information content (AvgIpc) is 3.60. The Balaban J connectivity index is 1.12. The van der Waals surface area contributed by atoms with Crippen LogP contribution < -0.4 is 8.92 Å². The molecule has 4 aliphatic carbocycles. The summed E-state index contributed by atoms with van der Waals surface area (Å²) in [5, 5.41) is 1.59. The molecule has 36 heavy (non-hydrogen) atoms. The zero-order valence-electron chi connectivity index (χ0n) is 22.7. The third-order valence-electron chi connectivity index (χ3n) is 10.5. The zero-order chi connectivity index (χ0) is 25.2. The second-order valence-corrected chi connectivity index (χ2v) is 22.1. The van der Waals surface area contributed by atoms with Crippen LogP contribution in [0.4, 0.5) is 0 Å². The van der Waals surface area contributed by atoms with Crippen LogP contribution in [0.15, 0.2) is 58.3 Å². The predicted octanol–water partition coefficient (Wildman–Crippen LogP) is 7.29. The molecule has 0 aromatic heterocycles. The Kier molecular flexibility index (Phi) is 7.32. The van der Waals surface area contributed by atoms with E-state index in [0.717, 1.165) is 46.0 Å². The molecule has 194 valence electrons. The third-order valence-corrected chi connectivity index (χ3v) is 21.5. The molecule has 2 aromatic carbocycles. The summed E-state index contributed by atoms with van der Waals surface area (Å²) in [4.78, 5) is 3.17. The third kappa shape index (κ3) is 4.95. The van der Waals surface area contributed by atoms with E-state index in [4.69, 9.17) is 0 Å². The van der Waals surface area contributed by atoms with Crippen LogP contribution in [0.5, 0.6) is 0 Å². The van der Waals surface area contributed by atoms with Gasteiger partial charge in [-0.1, -0.05) is 0 Å². The van der Waals surface area contributed by atoms with Crippen molar-refractivity contribution in [1.82, 2.24) is 0 Å². The fourth-order valence-corrected chi connectivity index (χ4v) is 19.2. The van der Waals surface area contributed by atoms with Crippen LogP contribution in [0, 0.1) is 46.3 Å². The molecule has 0 nitrogen and oxygen atoms in total. The van der Waals surface area contributed by atoms with Crippen LogP contribution in [0.25, 0.3) is 0 Å². The first-order valence-corrected chi connectivity index (χ1v) is 21.8. The van der Waals surface area contributed by atoms with E-state index in [-0.39, 0.29) is 0 Å². The Morgan fingerprint density at radius 3 is 1.36 bits per heavy atom.